The van der Waals surface area contributed by atoms with Crippen molar-refractivity contribution >= 4 is 11.3 Å². The molecule has 2 unspecified atom stereocenters. The van der Waals surface area contributed by atoms with E-state index in [0.29, 0.717) is 5.92 Å². The summed E-state index contributed by atoms with van der Waals surface area (Å²) in [5.41, 5.74) is 1.11. The minimum Gasteiger partial charge on any atom is -0.393 e. The summed E-state index contributed by atoms with van der Waals surface area (Å²) in [7, 11) is 0. The Morgan fingerprint density at radius 2 is 2.27 bits per heavy atom. The van der Waals surface area contributed by atoms with E-state index >= 15 is 0 Å². The highest BCUT2D eigenvalue weighted by Gasteiger charge is 2.05. The summed E-state index contributed by atoms with van der Waals surface area (Å²) in [4.78, 5) is 4.38. The summed E-state index contributed by atoms with van der Waals surface area (Å²) in [6, 6.07) is 0. The predicted octanol–water partition coefficient (Wildman–Crippen LogP) is 1.95. The smallest absolute Gasteiger partial charge is 0.0897 e. The average molecular weight is 228 g/mol. The molecular weight excluding hydrogens is 208 g/mol. The molecule has 1 aromatic rings. The molecule has 15 heavy (non-hydrogen) atoms. The topological polar surface area (TPSA) is 45.2 Å². The number of hydrogen-bond donors (Lipinski definition) is 2. The molecule has 0 spiro atoms. The molecule has 2 atom stereocenters. The van der Waals surface area contributed by atoms with Crippen LogP contribution in [-0.2, 0) is 6.54 Å². The van der Waals surface area contributed by atoms with Gasteiger partial charge in [0.1, 0.15) is 0 Å². The van der Waals surface area contributed by atoms with Crippen LogP contribution in [0.15, 0.2) is 5.38 Å². The van der Waals surface area contributed by atoms with Gasteiger partial charge in [0.2, 0.25) is 0 Å². The van der Waals surface area contributed by atoms with Crippen LogP contribution in [0.3, 0.4) is 0 Å². The van der Waals surface area contributed by atoms with Gasteiger partial charge in [0, 0.05) is 11.9 Å². The van der Waals surface area contributed by atoms with Crippen LogP contribution >= 0.6 is 11.3 Å². The Morgan fingerprint density at radius 3 is 2.80 bits per heavy atom. The third-order valence-corrected chi connectivity index (χ3v) is 3.03. The fraction of sp³-hybridized carbons (Fsp3) is 0.727. The second-order valence-electron chi connectivity index (χ2n) is 4.18. The number of aromatic nitrogens is 1. The van der Waals surface area contributed by atoms with Crippen LogP contribution in [0.25, 0.3) is 0 Å². The van der Waals surface area contributed by atoms with Gasteiger partial charge in [0.25, 0.3) is 0 Å². The van der Waals surface area contributed by atoms with Crippen molar-refractivity contribution in [1.29, 1.82) is 0 Å². The van der Waals surface area contributed by atoms with Crippen molar-refractivity contribution in [2.24, 2.45) is 5.92 Å². The first kappa shape index (κ1) is 12.6. The molecule has 4 heteroatoms. The van der Waals surface area contributed by atoms with Crippen molar-refractivity contribution in [3.8, 4) is 0 Å². The highest BCUT2D eigenvalue weighted by Crippen LogP contribution is 2.08. The van der Waals surface area contributed by atoms with Gasteiger partial charge < -0.3 is 10.4 Å². The SMILES string of the molecule is Cc1nc(CNCC(C)CC(C)O)cs1. The van der Waals surface area contributed by atoms with E-state index in [1.807, 2.05) is 13.8 Å². The summed E-state index contributed by atoms with van der Waals surface area (Å²) in [6.07, 6.45) is 0.645. The first-order valence-corrected chi connectivity index (χ1v) is 6.25. The summed E-state index contributed by atoms with van der Waals surface area (Å²) in [6.45, 7) is 7.76. The molecule has 3 nitrogen and oxygen atoms in total. The lowest BCUT2D eigenvalue weighted by atomic mass is 10.1. The molecule has 0 aliphatic rings. The van der Waals surface area contributed by atoms with E-state index < -0.39 is 0 Å². The van der Waals surface area contributed by atoms with Crippen molar-refractivity contribution in [3.05, 3.63) is 16.1 Å². The molecule has 1 rings (SSSR count). The zero-order valence-corrected chi connectivity index (χ0v) is 10.5. The Bertz CT molecular complexity index is 286. The summed E-state index contributed by atoms with van der Waals surface area (Å²) in [5.74, 6) is 0.504. The molecule has 0 aliphatic heterocycles. The second kappa shape index (κ2) is 6.20. The van der Waals surface area contributed by atoms with Crippen LogP contribution in [0, 0.1) is 12.8 Å². The molecule has 0 saturated heterocycles. The summed E-state index contributed by atoms with van der Waals surface area (Å²) >= 11 is 1.68. The molecule has 0 saturated carbocycles. The van der Waals surface area contributed by atoms with E-state index in [2.05, 4.69) is 22.6 Å². The van der Waals surface area contributed by atoms with E-state index in [1.54, 1.807) is 11.3 Å². The molecule has 0 radical (unpaired) electrons. The van der Waals surface area contributed by atoms with Gasteiger partial charge in [0.05, 0.1) is 16.8 Å². The third kappa shape index (κ3) is 5.25. The zero-order valence-electron chi connectivity index (χ0n) is 9.66. The minimum absolute atomic E-state index is 0.205. The zero-order chi connectivity index (χ0) is 11.3. The van der Waals surface area contributed by atoms with Gasteiger partial charge in [-0.3, -0.25) is 0 Å². The molecule has 0 aliphatic carbocycles. The summed E-state index contributed by atoms with van der Waals surface area (Å²) in [5, 5.41) is 15.8. The number of nitrogens with zero attached hydrogens (tertiary/aromatic N) is 1. The van der Waals surface area contributed by atoms with Gasteiger partial charge in [-0.2, -0.15) is 0 Å². The van der Waals surface area contributed by atoms with Crippen LogP contribution < -0.4 is 5.32 Å². The Morgan fingerprint density at radius 1 is 1.53 bits per heavy atom. The lowest BCUT2D eigenvalue weighted by molar-refractivity contribution is 0.163. The lowest BCUT2D eigenvalue weighted by Crippen LogP contribution is -2.23. The molecule has 86 valence electrons. The Kier molecular flexibility index (Phi) is 5.22. The third-order valence-electron chi connectivity index (χ3n) is 2.21. The van der Waals surface area contributed by atoms with E-state index in [-0.39, 0.29) is 6.10 Å². The molecule has 1 heterocycles. The van der Waals surface area contributed by atoms with Gasteiger partial charge >= 0.3 is 0 Å². The van der Waals surface area contributed by atoms with Gasteiger partial charge in [-0.15, -0.1) is 11.3 Å². The fourth-order valence-corrected chi connectivity index (χ4v) is 2.21. The number of aliphatic hydroxyl groups is 1. The number of aryl methyl sites for hydroxylation is 1. The maximum atomic E-state index is 9.20. The van der Waals surface area contributed by atoms with Crippen molar-refractivity contribution in [2.75, 3.05) is 6.54 Å². The molecule has 0 aromatic carbocycles. The van der Waals surface area contributed by atoms with E-state index in [9.17, 15) is 5.11 Å². The van der Waals surface area contributed by atoms with Crippen molar-refractivity contribution in [3.63, 3.8) is 0 Å². The molecule has 1 aromatic heterocycles. The average Bonchev–Trinajstić information content (AvgIpc) is 2.50. The number of thiazole rings is 1. The van der Waals surface area contributed by atoms with Gasteiger partial charge in [-0.1, -0.05) is 6.92 Å². The molecule has 0 amide bonds. The van der Waals surface area contributed by atoms with Gasteiger partial charge in [0.15, 0.2) is 0 Å². The van der Waals surface area contributed by atoms with Crippen LogP contribution in [0.2, 0.25) is 0 Å². The lowest BCUT2D eigenvalue weighted by Gasteiger charge is -2.13. The van der Waals surface area contributed by atoms with Crippen LogP contribution in [-0.4, -0.2) is 22.7 Å². The Labute approximate surface area is 95.6 Å². The minimum atomic E-state index is -0.205. The van der Waals surface area contributed by atoms with Crippen molar-refractivity contribution in [2.45, 2.75) is 39.8 Å². The number of nitrogens with one attached hydrogen (secondary N) is 1. The van der Waals surface area contributed by atoms with E-state index in [0.717, 1.165) is 30.2 Å². The second-order valence-corrected chi connectivity index (χ2v) is 5.24. The molecular formula is C11H20N2OS. The Balaban J connectivity index is 2.16. The van der Waals surface area contributed by atoms with E-state index in [1.165, 1.54) is 0 Å². The highest BCUT2D eigenvalue weighted by molar-refractivity contribution is 7.09. The fourth-order valence-electron chi connectivity index (χ4n) is 1.60. The van der Waals surface area contributed by atoms with E-state index in [4.69, 9.17) is 0 Å². The maximum Gasteiger partial charge on any atom is 0.0897 e. The first-order chi connectivity index (χ1) is 7.08. The van der Waals surface area contributed by atoms with Gasteiger partial charge in [-0.25, -0.2) is 4.98 Å². The van der Waals surface area contributed by atoms with Gasteiger partial charge in [-0.05, 0) is 32.7 Å². The number of aliphatic hydroxyl groups excluding tert-OH is 1. The number of hydrogen-bond acceptors (Lipinski definition) is 4. The monoisotopic (exact) mass is 228 g/mol. The molecule has 0 bridgehead atoms. The molecule has 2 N–H and O–H groups in total. The standard InChI is InChI=1S/C11H20N2OS/c1-8(4-9(2)14)5-12-6-11-7-15-10(3)13-11/h7-9,12,14H,4-6H2,1-3H3. The maximum absolute atomic E-state index is 9.20. The molecule has 0 fully saturated rings. The first-order valence-electron chi connectivity index (χ1n) is 5.37. The summed E-state index contributed by atoms with van der Waals surface area (Å²) < 4.78 is 0. The predicted molar refractivity (Wildman–Crippen MR) is 64.0 cm³/mol. The van der Waals surface area contributed by atoms with Crippen molar-refractivity contribution in [1.82, 2.24) is 10.3 Å². The van der Waals surface area contributed by atoms with Crippen LogP contribution in [0.5, 0.6) is 0 Å². The largest absolute Gasteiger partial charge is 0.393 e. The quantitative estimate of drug-likeness (QED) is 0.782. The van der Waals surface area contributed by atoms with Crippen LogP contribution in [0.4, 0.5) is 0 Å². The normalized spacial score (nSPS) is 15.2. The van der Waals surface area contributed by atoms with Crippen LogP contribution in [0.1, 0.15) is 31.0 Å². The number of rotatable bonds is 6. The Hall–Kier alpha value is -0.450. The van der Waals surface area contributed by atoms with Crippen molar-refractivity contribution < 1.29 is 5.11 Å². The highest BCUT2D eigenvalue weighted by atomic mass is 32.1.